The molecule has 0 aliphatic carbocycles. The Labute approximate surface area is 145 Å². The number of para-hydroxylation sites is 2. The zero-order valence-corrected chi connectivity index (χ0v) is 14.2. The minimum atomic E-state index is -0.143. The molecule has 2 aromatic rings. The number of hydrogen-bond donors (Lipinski definition) is 2. The summed E-state index contributed by atoms with van der Waals surface area (Å²) in [6.07, 6.45) is 0.295. The first-order chi connectivity index (χ1) is 11.1. The molecule has 0 bridgehead atoms. The molecule has 2 rings (SSSR count). The molecule has 0 saturated carbocycles. The van der Waals surface area contributed by atoms with Crippen molar-refractivity contribution in [2.24, 2.45) is 0 Å². The van der Waals surface area contributed by atoms with E-state index in [0.717, 1.165) is 11.4 Å². The number of halogens is 2. The van der Waals surface area contributed by atoms with Crippen molar-refractivity contribution in [1.82, 2.24) is 0 Å². The van der Waals surface area contributed by atoms with Crippen LogP contribution in [0.25, 0.3) is 0 Å². The lowest BCUT2D eigenvalue weighted by Gasteiger charge is -2.12. The Kier molecular flexibility index (Phi) is 6.56. The average Bonchev–Trinajstić information content (AvgIpc) is 2.53. The molecule has 0 spiro atoms. The lowest BCUT2D eigenvalue weighted by Crippen LogP contribution is -2.16. The highest BCUT2D eigenvalue weighted by molar-refractivity contribution is 6.35. The summed E-state index contributed by atoms with van der Waals surface area (Å²) in [5.74, 6) is 0.629. The molecular formula is C17H18Cl2N2O2. The van der Waals surface area contributed by atoms with Crippen molar-refractivity contribution in [2.75, 3.05) is 23.8 Å². The van der Waals surface area contributed by atoms with Gasteiger partial charge in [-0.25, -0.2) is 0 Å². The second kappa shape index (κ2) is 8.65. The van der Waals surface area contributed by atoms with E-state index in [1.165, 1.54) is 0 Å². The van der Waals surface area contributed by atoms with Gasteiger partial charge < -0.3 is 15.4 Å². The van der Waals surface area contributed by atoms with Crippen LogP contribution in [0.5, 0.6) is 5.75 Å². The van der Waals surface area contributed by atoms with Crippen molar-refractivity contribution >= 4 is 40.5 Å². The van der Waals surface area contributed by atoms with Gasteiger partial charge in [0.1, 0.15) is 5.75 Å². The van der Waals surface area contributed by atoms with Crippen LogP contribution >= 0.6 is 23.2 Å². The summed E-state index contributed by atoms with van der Waals surface area (Å²) in [7, 11) is 0. The van der Waals surface area contributed by atoms with Crippen LogP contribution in [0.2, 0.25) is 10.0 Å². The van der Waals surface area contributed by atoms with Crippen LogP contribution in [0, 0.1) is 0 Å². The SMILES string of the molecule is CCOc1ccccc1NCCC(=O)Nc1cc(Cl)ccc1Cl. The van der Waals surface area contributed by atoms with Crippen molar-refractivity contribution in [3.63, 3.8) is 0 Å². The molecule has 4 nitrogen and oxygen atoms in total. The molecule has 0 unspecified atom stereocenters. The highest BCUT2D eigenvalue weighted by Crippen LogP contribution is 2.26. The Hall–Kier alpha value is -1.91. The van der Waals surface area contributed by atoms with Crippen molar-refractivity contribution in [1.29, 1.82) is 0 Å². The second-order valence-corrected chi connectivity index (χ2v) is 5.62. The van der Waals surface area contributed by atoms with Crippen LogP contribution in [0.15, 0.2) is 42.5 Å². The molecule has 0 aliphatic heterocycles. The van der Waals surface area contributed by atoms with Gasteiger partial charge in [-0.1, -0.05) is 35.3 Å². The van der Waals surface area contributed by atoms with E-state index >= 15 is 0 Å². The van der Waals surface area contributed by atoms with Crippen LogP contribution in [-0.4, -0.2) is 19.1 Å². The predicted octanol–water partition coefficient (Wildman–Crippen LogP) is 4.83. The predicted molar refractivity (Wildman–Crippen MR) is 95.8 cm³/mol. The highest BCUT2D eigenvalue weighted by Gasteiger charge is 2.07. The number of carbonyl (C=O) groups is 1. The maximum absolute atomic E-state index is 12.0. The lowest BCUT2D eigenvalue weighted by atomic mass is 10.2. The van der Waals surface area contributed by atoms with Gasteiger partial charge in [0.25, 0.3) is 0 Å². The quantitative estimate of drug-likeness (QED) is 0.749. The van der Waals surface area contributed by atoms with E-state index in [-0.39, 0.29) is 5.91 Å². The fraction of sp³-hybridized carbons (Fsp3) is 0.235. The zero-order valence-electron chi connectivity index (χ0n) is 12.7. The minimum absolute atomic E-state index is 0.143. The summed E-state index contributed by atoms with van der Waals surface area (Å²) in [4.78, 5) is 12.0. The third-order valence-electron chi connectivity index (χ3n) is 3.06. The van der Waals surface area contributed by atoms with Gasteiger partial charge in [0, 0.05) is 18.0 Å². The number of benzene rings is 2. The summed E-state index contributed by atoms with van der Waals surface area (Å²) in [5.41, 5.74) is 1.38. The maximum atomic E-state index is 12.0. The Morgan fingerprint density at radius 1 is 1.13 bits per heavy atom. The summed E-state index contributed by atoms with van der Waals surface area (Å²) >= 11 is 11.9. The Bertz CT molecular complexity index is 677. The van der Waals surface area contributed by atoms with Crippen molar-refractivity contribution in [2.45, 2.75) is 13.3 Å². The summed E-state index contributed by atoms with van der Waals surface area (Å²) < 4.78 is 5.52. The molecule has 6 heteroatoms. The number of amides is 1. The summed E-state index contributed by atoms with van der Waals surface area (Å²) in [5, 5.41) is 6.92. The van der Waals surface area contributed by atoms with Gasteiger partial charge >= 0.3 is 0 Å². The molecule has 23 heavy (non-hydrogen) atoms. The van der Waals surface area contributed by atoms with Crippen LogP contribution in [0.3, 0.4) is 0 Å². The van der Waals surface area contributed by atoms with E-state index in [0.29, 0.717) is 35.3 Å². The van der Waals surface area contributed by atoms with Gasteiger partial charge in [0.15, 0.2) is 0 Å². The molecule has 0 atom stereocenters. The first-order valence-electron chi connectivity index (χ1n) is 7.30. The van der Waals surface area contributed by atoms with E-state index in [1.807, 2.05) is 31.2 Å². The third kappa shape index (κ3) is 5.34. The van der Waals surface area contributed by atoms with Gasteiger partial charge in [0.05, 0.1) is 23.0 Å². The largest absolute Gasteiger partial charge is 0.492 e. The molecule has 1 amide bonds. The molecule has 0 fully saturated rings. The first-order valence-corrected chi connectivity index (χ1v) is 8.06. The number of anilines is 2. The van der Waals surface area contributed by atoms with E-state index in [1.54, 1.807) is 18.2 Å². The monoisotopic (exact) mass is 352 g/mol. The van der Waals surface area contributed by atoms with Crippen molar-refractivity contribution < 1.29 is 9.53 Å². The zero-order chi connectivity index (χ0) is 16.7. The molecule has 0 heterocycles. The smallest absolute Gasteiger partial charge is 0.226 e. The fourth-order valence-corrected chi connectivity index (χ4v) is 2.35. The van der Waals surface area contributed by atoms with Gasteiger partial charge in [-0.2, -0.15) is 0 Å². The number of hydrogen-bond acceptors (Lipinski definition) is 3. The van der Waals surface area contributed by atoms with Crippen LogP contribution < -0.4 is 15.4 Å². The molecule has 2 aromatic carbocycles. The van der Waals surface area contributed by atoms with E-state index < -0.39 is 0 Å². The average molecular weight is 353 g/mol. The lowest BCUT2D eigenvalue weighted by molar-refractivity contribution is -0.115. The fourth-order valence-electron chi connectivity index (χ4n) is 2.01. The van der Waals surface area contributed by atoms with Crippen molar-refractivity contribution in [3.05, 3.63) is 52.5 Å². The number of nitrogens with one attached hydrogen (secondary N) is 2. The Morgan fingerprint density at radius 3 is 2.70 bits per heavy atom. The minimum Gasteiger partial charge on any atom is -0.492 e. The molecule has 122 valence electrons. The van der Waals surface area contributed by atoms with Crippen LogP contribution in [0.4, 0.5) is 11.4 Å². The summed E-state index contributed by atoms with van der Waals surface area (Å²) in [6.45, 7) is 3.00. The normalized spacial score (nSPS) is 10.2. The first kappa shape index (κ1) is 17.4. The summed E-state index contributed by atoms with van der Waals surface area (Å²) in [6, 6.07) is 12.6. The van der Waals surface area contributed by atoms with E-state index in [2.05, 4.69) is 10.6 Å². The standard InChI is InChI=1S/C17H18Cl2N2O2/c1-2-23-16-6-4-3-5-14(16)20-10-9-17(22)21-15-11-12(18)7-8-13(15)19/h3-8,11,20H,2,9-10H2,1H3,(H,21,22). The molecule has 0 aromatic heterocycles. The molecule has 0 saturated heterocycles. The van der Waals surface area contributed by atoms with Crippen LogP contribution in [0.1, 0.15) is 13.3 Å². The molecular weight excluding hydrogens is 335 g/mol. The molecule has 0 radical (unpaired) electrons. The molecule has 2 N–H and O–H groups in total. The maximum Gasteiger partial charge on any atom is 0.226 e. The molecule has 0 aliphatic rings. The highest BCUT2D eigenvalue weighted by atomic mass is 35.5. The van der Waals surface area contributed by atoms with Gasteiger partial charge in [-0.3, -0.25) is 4.79 Å². The van der Waals surface area contributed by atoms with Gasteiger partial charge in [-0.15, -0.1) is 0 Å². The van der Waals surface area contributed by atoms with E-state index in [9.17, 15) is 4.79 Å². The number of carbonyl (C=O) groups excluding carboxylic acids is 1. The number of ether oxygens (including phenoxy) is 1. The Balaban J connectivity index is 1.87. The topological polar surface area (TPSA) is 50.4 Å². The van der Waals surface area contributed by atoms with Gasteiger partial charge in [-0.05, 0) is 37.3 Å². The Morgan fingerprint density at radius 2 is 1.91 bits per heavy atom. The van der Waals surface area contributed by atoms with E-state index in [4.69, 9.17) is 27.9 Å². The third-order valence-corrected chi connectivity index (χ3v) is 3.62. The van der Waals surface area contributed by atoms with Crippen molar-refractivity contribution in [3.8, 4) is 5.75 Å². The number of rotatable bonds is 7. The van der Waals surface area contributed by atoms with Gasteiger partial charge in [0.2, 0.25) is 5.91 Å². The van der Waals surface area contributed by atoms with Crippen LogP contribution in [-0.2, 0) is 4.79 Å². The second-order valence-electron chi connectivity index (χ2n) is 4.78.